The first-order chi connectivity index (χ1) is 8.85. The first-order valence-electron chi connectivity index (χ1n) is 5.88. The third-order valence-electron chi connectivity index (χ3n) is 2.63. The van der Waals surface area contributed by atoms with Gasteiger partial charge in [-0.25, -0.2) is 9.78 Å². The van der Waals surface area contributed by atoms with E-state index in [0.717, 1.165) is 11.3 Å². The largest absolute Gasteiger partial charge is 0.477 e. The van der Waals surface area contributed by atoms with Crippen molar-refractivity contribution in [2.45, 2.75) is 38.5 Å². The molecular formula is C12H18N2O3S2. The molecule has 0 bridgehead atoms. The van der Waals surface area contributed by atoms with Gasteiger partial charge in [-0.05, 0) is 20.1 Å². The summed E-state index contributed by atoms with van der Waals surface area (Å²) in [5.41, 5.74) is 0.492. The van der Waals surface area contributed by atoms with E-state index in [1.807, 2.05) is 20.1 Å². The van der Waals surface area contributed by atoms with Crippen molar-refractivity contribution < 1.29 is 14.7 Å². The number of carboxylic acid groups (broad SMARTS) is 1. The molecule has 2 atom stereocenters. The number of thioether (sulfide) groups is 1. The molecule has 1 heterocycles. The minimum absolute atomic E-state index is 0.0425. The molecule has 5 nitrogen and oxygen atoms in total. The summed E-state index contributed by atoms with van der Waals surface area (Å²) in [6, 6.07) is -0.265. The second-order valence-corrected chi connectivity index (χ2v) is 6.62. The van der Waals surface area contributed by atoms with E-state index in [1.54, 1.807) is 18.7 Å². The van der Waals surface area contributed by atoms with Crippen LogP contribution in [0.25, 0.3) is 0 Å². The molecule has 106 valence electrons. The molecule has 0 spiro atoms. The van der Waals surface area contributed by atoms with Gasteiger partial charge in [0.05, 0.1) is 11.7 Å². The van der Waals surface area contributed by atoms with Crippen LogP contribution >= 0.6 is 23.1 Å². The fourth-order valence-corrected chi connectivity index (χ4v) is 2.73. The van der Waals surface area contributed by atoms with Gasteiger partial charge in [0.15, 0.2) is 0 Å². The predicted molar refractivity (Wildman–Crippen MR) is 78.0 cm³/mol. The zero-order valence-electron chi connectivity index (χ0n) is 11.4. The van der Waals surface area contributed by atoms with Gasteiger partial charge in [0.25, 0.3) is 0 Å². The lowest BCUT2D eigenvalue weighted by Gasteiger charge is -2.13. The van der Waals surface area contributed by atoms with Crippen LogP contribution in [0.1, 0.15) is 46.7 Å². The fraction of sp³-hybridized carbons (Fsp3) is 0.583. The number of hydrogen-bond acceptors (Lipinski definition) is 5. The average Bonchev–Trinajstić information content (AvgIpc) is 2.71. The van der Waals surface area contributed by atoms with Crippen molar-refractivity contribution in [3.63, 3.8) is 0 Å². The van der Waals surface area contributed by atoms with Gasteiger partial charge in [-0.1, -0.05) is 6.92 Å². The Kier molecular flexibility index (Phi) is 5.81. The first-order valence-corrected chi connectivity index (χ1v) is 7.98. The number of aromatic carboxylic acids is 1. The Hall–Kier alpha value is -1.08. The minimum atomic E-state index is -0.976. The van der Waals surface area contributed by atoms with Gasteiger partial charge in [-0.15, -0.1) is 11.3 Å². The Morgan fingerprint density at radius 1 is 1.47 bits per heavy atom. The SMILES string of the molecule is CSC(C)CC(=O)NC(C)c1nc(C)c(C(=O)O)s1. The summed E-state index contributed by atoms with van der Waals surface area (Å²) in [6.45, 7) is 5.46. The molecule has 7 heteroatoms. The van der Waals surface area contributed by atoms with Crippen molar-refractivity contribution in [3.8, 4) is 0 Å². The second kappa shape index (κ2) is 6.91. The van der Waals surface area contributed by atoms with Crippen LogP contribution in [-0.2, 0) is 4.79 Å². The standard InChI is InChI=1S/C12H18N2O3S2/c1-6(18-4)5-9(15)13-8(3)11-14-7(2)10(19-11)12(16)17/h6,8H,5H2,1-4H3,(H,13,15)(H,16,17). The van der Waals surface area contributed by atoms with Crippen molar-refractivity contribution in [2.75, 3.05) is 6.26 Å². The Morgan fingerprint density at radius 2 is 2.11 bits per heavy atom. The molecule has 0 aliphatic carbocycles. The van der Waals surface area contributed by atoms with Gasteiger partial charge < -0.3 is 10.4 Å². The maximum absolute atomic E-state index is 11.8. The normalized spacial score (nSPS) is 13.9. The van der Waals surface area contributed by atoms with Gasteiger partial charge in [0, 0.05) is 11.7 Å². The summed E-state index contributed by atoms with van der Waals surface area (Å²) in [5.74, 6) is -1.02. The average molecular weight is 302 g/mol. The molecule has 0 aromatic carbocycles. The number of thiazole rings is 1. The van der Waals surface area contributed by atoms with Crippen LogP contribution in [0, 0.1) is 6.92 Å². The molecular weight excluding hydrogens is 284 g/mol. The van der Waals surface area contributed by atoms with E-state index in [0.29, 0.717) is 17.1 Å². The fourth-order valence-electron chi connectivity index (χ4n) is 1.51. The van der Waals surface area contributed by atoms with Crippen LogP contribution in [0.5, 0.6) is 0 Å². The first kappa shape index (κ1) is 16.0. The van der Waals surface area contributed by atoms with E-state index in [9.17, 15) is 9.59 Å². The van der Waals surface area contributed by atoms with Crippen molar-refractivity contribution in [1.82, 2.24) is 10.3 Å². The summed E-state index contributed by atoms with van der Waals surface area (Å²) in [6.07, 6.45) is 2.41. The van der Waals surface area contributed by atoms with Crippen LogP contribution in [0.4, 0.5) is 0 Å². The van der Waals surface area contributed by atoms with Crippen LogP contribution < -0.4 is 5.32 Å². The van der Waals surface area contributed by atoms with E-state index < -0.39 is 5.97 Å². The maximum atomic E-state index is 11.8. The molecule has 0 fully saturated rings. The number of nitrogens with one attached hydrogen (secondary N) is 1. The summed E-state index contributed by atoms with van der Waals surface area (Å²) in [7, 11) is 0. The van der Waals surface area contributed by atoms with Gasteiger partial charge in [-0.2, -0.15) is 11.8 Å². The number of carboxylic acids is 1. The van der Waals surface area contributed by atoms with Gasteiger partial charge in [0.1, 0.15) is 9.88 Å². The quantitative estimate of drug-likeness (QED) is 0.844. The highest BCUT2D eigenvalue weighted by molar-refractivity contribution is 7.99. The molecule has 1 rings (SSSR count). The number of carbonyl (C=O) groups excluding carboxylic acids is 1. The third kappa shape index (κ3) is 4.50. The van der Waals surface area contributed by atoms with Crippen molar-refractivity contribution >= 4 is 35.0 Å². The number of amides is 1. The topological polar surface area (TPSA) is 79.3 Å². The smallest absolute Gasteiger partial charge is 0.347 e. The van der Waals surface area contributed by atoms with Crippen molar-refractivity contribution in [3.05, 3.63) is 15.6 Å². The summed E-state index contributed by atoms with van der Waals surface area (Å²) < 4.78 is 0. The molecule has 0 saturated carbocycles. The minimum Gasteiger partial charge on any atom is -0.477 e. The Balaban J connectivity index is 2.68. The molecule has 0 aliphatic rings. The summed E-state index contributed by atoms with van der Waals surface area (Å²) >= 11 is 2.75. The lowest BCUT2D eigenvalue weighted by molar-refractivity contribution is -0.121. The van der Waals surface area contributed by atoms with Gasteiger partial charge in [0.2, 0.25) is 5.91 Å². The molecule has 0 saturated heterocycles. The molecule has 2 N–H and O–H groups in total. The number of aromatic nitrogens is 1. The van der Waals surface area contributed by atoms with E-state index >= 15 is 0 Å². The molecule has 1 amide bonds. The van der Waals surface area contributed by atoms with E-state index in [-0.39, 0.29) is 22.1 Å². The molecule has 1 aromatic heterocycles. The number of rotatable bonds is 6. The number of nitrogens with zero attached hydrogens (tertiary/aromatic N) is 1. The zero-order chi connectivity index (χ0) is 14.6. The van der Waals surface area contributed by atoms with Crippen LogP contribution in [0.2, 0.25) is 0 Å². The van der Waals surface area contributed by atoms with Crippen molar-refractivity contribution in [1.29, 1.82) is 0 Å². The second-order valence-electron chi connectivity index (χ2n) is 4.31. The summed E-state index contributed by atoms with van der Waals surface area (Å²) in [4.78, 5) is 27.1. The summed E-state index contributed by atoms with van der Waals surface area (Å²) in [5, 5.41) is 12.7. The van der Waals surface area contributed by atoms with Crippen LogP contribution in [0.15, 0.2) is 0 Å². The highest BCUT2D eigenvalue weighted by Gasteiger charge is 2.19. The van der Waals surface area contributed by atoms with E-state index in [2.05, 4.69) is 10.3 Å². The zero-order valence-corrected chi connectivity index (χ0v) is 13.0. The number of hydrogen-bond donors (Lipinski definition) is 2. The lowest BCUT2D eigenvalue weighted by Crippen LogP contribution is -2.28. The number of aryl methyl sites for hydroxylation is 1. The molecule has 0 aliphatic heterocycles. The molecule has 19 heavy (non-hydrogen) atoms. The van der Waals surface area contributed by atoms with Crippen LogP contribution in [0.3, 0.4) is 0 Å². The Labute approximate surface area is 120 Å². The maximum Gasteiger partial charge on any atom is 0.347 e. The monoisotopic (exact) mass is 302 g/mol. The Bertz CT molecular complexity index is 474. The Morgan fingerprint density at radius 3 is 2.58 bits per heavy atom. The highest BCUT2D eigenvalue weighted by Crippen LogP contribution is 2.23. The molecule has 2 unspecified atom stereocenters. The number of carbonyl (C=O) groups is 2. The molecule has 1 aromatic rings. The van der Waals surface area contributed by atoms with E-state index in [4.69, 9.17) is 5.11 Å². The van der Waals surface area contributed by atoms with Crippen LogP contribution in [-0.4, -0.2) is 33.5 Å². The predicted octanol–water partition coefficient (Wildman–Crippen LogP) is 2.47. The highest BCUT2D eigenvalue weighted by atomic mass is 32.2. The van der Waals surface area contributed by atoms with E-state index in [1.165, 1.54) is 0 Å². The third-order valence-corrected chi connectivity index (χ3v) is 4.93. The van der Waals surface area contributed by atoms with Crippen molar-refractivity contribution in [2.24, 2.45) is 0 Å². The molecule has 0 radical (unpaired) electrons. The van der Waals surface area contributed by atoms with Gasteiger partial charge in [-0.3, -0.25) is 4.79 Å². The lowest BCUT2D eigenvalue weighted by atomic mass is 10.3. The van der Waals surface area contributed by atoms with Gasteiger partial charge >= 0.3 is 5.97 Å².